The normalized spacial score (nSPS) is 18.6. The second kappa shape index (κ2) is 7.07. The topological polar surface area (TPSA) is 88.6 Å². The summed E-state index contributed by atoms with van der Waals surface area (Å²) in [7, 11) is -3.50. The Bertz CT molecular complexity index is 898. The summed E-state index contributed by atoms with van der Waals surface area (Å²) in [5.74, 6) is 0.157. The van der Waals surface area contributed by atoms with Crippen molar-refractivity contribution in [1.29, 1.82) is 0 Å². The highest BCUT2D eigenvalue weighted by molar-refractivity contribution is 7.89. The maximum Gasteiger partial charge on any atom is 0.243 e. The van der Waals surface area contributed by atoms with E-state index >= 15 is 0 Å². The lowest BCUT2D eigenvalue weighted by Crippen LogP contribution is -2.40. The number of sulfonamides is 1. The molecule has 1 aliphatic carbocycles. The van der Waals surface area contributed by atoms with Crippen molar-refractivity contribution in [3.05, 3.63) is 29.6 Å². The van der Waals surface area contributed by atoms with Gasteiger partial charge in [-0.2, -0.15) is 4.31 Å². The van der Waals surface area contributed by atoms with Crippen molar-refractivity contribution < 1.29 is 17.9 Å². The second-order valence-electron chi connectivity index (χ2n) is 6.34. The molecule has 1 saturated heterocycles. The van der Waals surface area contributed by atoms with Crippen LogP contribution in [0.3, 0.4) is 0 Å². The molecule has 4 rings (SSSR count). The number of hydrogen-bond acceptors (Lipinski definition) is 6. The summed E-state index contributed by atoms with van der Waals surface area (Å²) in [6.07, 6.45) is 1.90. The number of nitrogens with one attached hydrogen (secondary N) is 1. The van der Waals surface area contributed by atoms with Gasteiger partial charge in [0.2, 0.25) is 15.9 Å². The van der Waals surface area contributed by atoms with Gasteiger partial charge in [0.1, 0.15) is 0 Å². The second-order valence-corrected chi connectivity index (χ2v) is 9.14. The number of carbonyl (C=O) groups excluding carboxylic acids is 1. The van der Waals surface area contributed by atoms with Crippen molar-refractivity contribution >= 4 is 32.4 Å². The van der Waals surface area contributed by atoms with E-state index in [-0.39, 0.29) is 16.7 Å². The van der Waals surface area contributed by atoms with Crippen molar-refractivity contribution in [2.24, 2.45) is 5.92 Å². The van der Waals surface area contributed by atoms with Crippen LogP contribution in [0.4, 0.5) is 5.13 Å². The molecule has 1 aliphatic heterocycles. The fourth-order valence-corrected chi connectivity index (χ4v) is 4.88. The van der Waals surface area contributed by atoms with Gasteiger partial charge in [-0.25, -0.2) is 13.4 Å². The average molecular weight is 393 g/mol. The molecule has 0 unspecified atom stereocenters. The molecule has 2 heterocycles. The number of anilines is 1. The molecule has 1 amide bonds. The van der Waals surface area contributed by atoms with E-state index in [1.165, 1.54) is 15.6 Å². The maximum atomic E-state index is 12.6. The van der Waals surface area contributed by atoms with Gasteiger partial charge in [0.05, 0.1) is 23.8 Å². The number of nitrogens with zero attached hydrogens (tertiary/aromatic N) is 2. The van der Waals surface area contributed by atoms with E-state index in [0.717, 1.165) is 24.1 Å². The molecule has 2 aromatic rings. The smallest absolute Gasteiger partial charge is 0.243 e. The highest BCUT2D eigenvalue weighted by Gasteiger charge is 2.30. The van der Waals surface area contributed by atoms with Gasteiger partial charge in [0.25, 0.3) is 0 Å². The summed E-state index contributed by atoms with van der Waals surface area (Å²) in [6, 6.07) is 6.69. The van der Waals surface area contributed by atoms with Gasteiger partial charge in [-0.05, 0) is 25.0 Å². The number of thiazole rings is 1. The van der Waals surface area contributed by atoms with Crippen LogP contribution in [-0.4, -0.2) is 49.9 Å². The van der Waals surface area contributed by atoms with Gasteiger partial charge in [0.15, 0.2) is 5.13 Å². The van der Waals surface area contributed by atoms with Crippen molar-refractivity contribution in [3.63, 3.8) is 0 Å². The van der Waals surface area contributed by atoms with Crippen LogP contribution in [0.15, 0.2) is 34.5 Å². The molecule has 138 valence electrons. The third-order valence-electron chi connectivity index (χ3n) is 4.44. The first-order valence-electron chi connectivity index (χ1n) is 8.49. The molecule has 2 fully saturated rings. The predicted molar refractivity (Wildman–Crippen MR) is 98.5 cm³/mol. The molecule has 1 saturated carbocycles. The first-order chi connectivity index (χ1) is 12.5. The van der Waals surface area contributed by atoms with E-state index in [4.69, 9.17) is 4.74 Å². The van der Waals surface area contributed by atoms with Crippen LogP contribution < -0.4 is 5.32 Å². The third-order valence-corrected chi connectivity index (χ3v) is 7.11. The lowest BCUT2D eigenvalue weighted by atomic mass is 10.2. The largest absolute Gasteiger partial charge is 0.379 e. The van der Waals surface area contributed by atoms with E-state index in [1.807, 2.05) is 5.38 Å². The minimum Gasteiger partial charge on any atom is -0.379 e. The number of morpholine rings is 1. The quantitative estimate of drug-likeness (QED) is 0.841. The number of rotatable bonds is 5. The number of amides is 1. The molecule has 0 spiro atoms. The summed E-state index contributed by atoms with van der Waals surface area (Å²) in [5, 5.41) is 5.25. The summed E-state index contributed by atoms with van der Waals surface area (Å²) in [6.45, 7) is 1.59. The first-order valence-corrected chi connectivity index (χ1v) is 10.8. The van der Waals surface area contributed by atoms with Crippen molar-refractivity contribution in [2.45, 2.75) is 17.7 Å². The Hall–Kier alpha value is -1.81. The molecular formula is C17H19N3O4S2. The van der Waals surface area contributed by atoms with Crippen molar-refractivity contribution in [3.8, 4) is 11.3 Å². The predicted octanol–water partition coefficient (Wildman–Crippen LogP) is 2.18. The standard InChI is InChI=1S/C17H19N3O4S2/c21-16(13-1-2-13)19-17-18-15(11-25-17)12-3-5-14(6-4-12)26(22,23)20-7-9-24-10-8-20/h3-6,11,13H,1-2,7-10H2,(H,18,19,21). The summed E-state index contributed by atoms with van der Waals surface area (Å²) in [5.41, 5.74) is 1.53. The molecular weight excluding hydrogens is 374 g/mol. The Morgan fingerprint density at radius 3 is 2.54 bits per heavy atom. The van der Waals surface area contributed by atoms with Crippen LogP contribution in [-0.2, 0) is 19.6 Å². The molecule has 0 radical (unpaired) electrons. The van der Waals surface area contributed by atoms with Gasteiger partial charge >= 0.3 is 0 Å². The molecule has 9 heteroatoms. The highest BCUT2D eigenvalue weighted by atomic mass is 32.2. The lowest BCUT2D eigenvalue weighted by molar-refractivity contribution is -0.117. The summed E-state index contributed by atoms with van der Waals surface area (Å²) in [4.78, 5) is 16.5. The zero-order chi connectivity index (χ0) is 18.1. The van der Waals surface area contributed by atoms with Crippen LogP contribution in [0.5, 0.6) is 0 Å². The van der Waals surface area contributed by atoms with Crippen LogP contribution in [0.25, 0.3) is 11.3 Å². The Morgan fingerprint density at radius 2 is 1.88 bits per heavy atom. The fourth-order valence-electron chi connectivity index (χ4n) is 2.75. The number of hydrogen-bond donors (Lipinski definition) is 1. The van der Waals surface area contributed by atoms with Crippen LogP contribution >= 0.6 is 11.3 Å². The number of ether oxygens (including phenoxy) is 1. The van der Waals surface area contributed by atoms with E-state index in [1.54, 1.807) is 24.3 Å². The Kier molecular flexibility index (Phi) is 4.78. The lowest BCUT2D eigenvalue weighted by Gasteiger charge is -2.26. The molecule has 0 atom stereocenters. The van der Waals surface area contributed by atoms with E-state index < -0.39 is 10.0 Å². The fraction of sp³-hybridized carbons (Fsp3) is 0.412. The van der Waals surface area contributed by atoms with Crippen molar-refractivity contribution in [2.75, 3.05) is 31.6 Å². The average Bonchev–Trinajstić information content (AvgIpc) is 3.42. The summed E-state index contributed by atoms with van der Waals surface area (Å²) < 4.78 is 31.9. The van der Waals surface area contributed by atoms with E-state index in [9.17, 15) is 13.2 Å². The Morgan fingerprint density at radius 1 is 1.19 bits per heavy atom. The highest BCUT2D eigenvalue weighted by Crippen LogP contribution is 2.32. The van der Waals surface area contributed by atoms with Gasteiger partial charge < -0.3 is 10.1 Å². The molecule has 1 aromatic carbocycles. The van der Waals surface area contributed by atoms with Gasteiger partial charge in [0, 0.05) is 30.0 Å². The molecule has 7 nitrogen and oxygen atoms in total. The van der Waals surface area contributed by atoms with Crippen molar-refractivity contribution in [1.82, 2.24) is 9.29 Å². The van der Waals surface area contributed by atoms with Gasteiger partial charge in [-0.3, -0.25) is 4.79 Å². The zero-order valence-corrected chi connectivity index (χ0v) is 15.7. The zero-order valence-electron chi connectivity index (χ0n) is 14.1. The molecule has 26 heavy (non-hydrogen) atoms. The summed E-state index contributed by atoms with van der Waals surface area (Å²) >= 11 is 1.37. The Labute approximate surface area is 156 Å². The molecule has 1 N–H and O–H groups in total. The van der Waals surface area contributed by atoms with Gasteiger partial charge in [-0.15, -0.1) is 11.3 Å². The first kappa shape index (κ1) is 17.6. The third kappa shape index (κ3) is 3.66. The van der Waals surface area contributed by atoms with Crippen LogP contribution in [0, 0.1) is 5.92 Å². The minimum absolute atomic E-state index is 0.0258. The number of aromatic nitrogens is 1. The molecule has 0 bridgehead atoms. The number of benzene rings is 1. The Balaban J connectivity index is 1.49. The van der Waals surface area contributed by atoms with Crippen LogP contribution in [0.2, 0.25) is 0 Å². The number of carbonyl (C=O) groups is 1. The van der Waals surface area contributed by atoms with E-state index in [0.29, 0.717) is 31.4 Å². The maximum absolute atomic E-state index is 12.6. The SMILES string of the molecule is O=C(Nc1nc(-c2ccc(S(=O)(=O)N3CCOCC3)cc2)cs1)C1CC1. The van der Waals surface area contributed by atoms with E-state index in [2.05, 4.69) is 10.3 Å². The van der Waals surface area contributed by atoms with Crippen LogP contribution in [0.1, 0.15) is 12.8 Å². The van der Waals surface area contributed by atoms with Gasteiger partial charge in [-0.1, -0.05) is 12.1 Å². The molecule has 2 aliphatic rings. The molecule has 1 aromatic heterocycles. The monoisotopic (exact) mass is 393 g/mol. The minimum atomic E-state index is -3.50.